The van der Waals surface area contributed by atoms with Gasteiger partial charge in [0.1, 0.15) is 6.71 Å². The van der Waals surface area contributed by atoms with Gasteiger partial charge >= 0.3 is 0 Å². The second-order valence-electron chi connectivity index (χ2n) is 6.82. The highest BCUT2D eigenvalue weighted by Gasteiger charge is 2.23. The number of carbonyl (C=O) groups excluding carboxylic acids is 2. The summed E-state index contributed by atoms with van der Waals surface area (Å²) < 4.78 is 0. The van der Waals surface area contributed by atoms with Crippen LogP contribution in [0.25, 0.3) is 0 Å². The van der Waals surface area contributed by atoms with Crippen LogP contribution in [0.3, 0.4) is 0 Å². The van der Waals surface area contributed by atoms with E-state index in [-0.39, 0.29) is 23.8 Å². The van der Waals surface area contributed by atoms with Gasteiger partial charge in [0.05, 0.1) is 17.1 Å². The molecule has 0 heterocycles. The van der Waals surface area contributed by atoms with Gasteiger partial charge in [-0.25, -0.2) is 0 Å². The van der Waals surface area contributed by atoms with E-state index < -0.39 is 0 Å². The van der Waals surface area contributed by atoms with Crippen LogP contribution in [0.1, 0.15) is 44.0 Å². The zero-order valence-electron chi connectivity index (χ0n) is 14.9. The quantitative estimate of drug-likeness (QED) is 0.604. The Labute approximate surface area is 155 Å². The van der Waals surface area contributed by atoms with Crippen LogP contribution in [0.2, 0.25) is 29.0 Å². The van der Waals surface area contributed by atoms with Crippen molar-refractivity contribution in [1.82, 2.24) is 5.32 Å². The van der Waals surface area contributed by atoms with Crippen molar-refractivity contribution >= 4 is 41.6 Å². The van der Waals surface area contributed by atoms with E-state index in [1.807, 2.05) is 0 Å². The number of hydrogen-bond donors (Lipinski definition) is 1. The Morgan fingerprint density at radius 3 is 2.50 bits per heavy atom. The van der Waals surface area contributed by atoms with Gasteiger partial charge in [0.25, 0.3) is 5.91 Å². The Kier molecular flexibility index (Phi) is 8.86. The SMILES string of the molecule is CCB(C)[C@@H](CC(=O)CNC(=O)c1cc(Cl)ccc1Cl)CC(C)C. The molecule has 0 fully saturated rings. The average Bonchev–Trinajstić information content (AvgIpc) is 2.53. The molecule has 0 aliphatic carbocycles. The normalized spacial score (nSPS) is 12.1. The van der Waals surface area contributed by atoms with Crippen molar-refractivity contribution in [3.63, 3.8) is 0 Å². The average molecular weight is 370 g/mol. The Balaban J connectivity index is 2.60. The van der Waals surface area contributed by atoms with Gasteiger partial charge in [-0.15, -0.1) is 0 Å². The van der Waals surface area contributed by atoms with Crippen molar-refractivity contribution in [2.24, 2.45) is 5.92 Å². The van der Waals surface area contributed by atoms with Gasteiger partial charge in [-0.1, -0.05) is 69.4 Å². The summed E-state index contributed by atoms with van der Waals surface area (Å²) in [4.78, 5) is 24.4. The molecule has 0 saturated carbocycles. The molecule has 24 heavy (non-hydrogen) atoms. The van der Waals surface area contributed by atoms with Gasteiger partial charge in [0, 0.05) is 11.4 Å². The standard InChI is InChI=1S/C18H26BCl2NO2/c1-5-19(4)13(8-12(2)3)9-15(23)11-22-18(24)16-10-14(20)6-7-17(16)21/h6-7,10,12-13H,5,8-9,11H2,1-4H3,(H,22,24)/t13-/m1/s1. The smallest absolute Gasteiger partial charge is 0.253 e. The molecule has 1 atom stereocenters. The molecule has 3 nitrogen and oxygen atoms in total. The summed E-state index contributed by atoms with van der Waals surface area (Å²) in [6, 6.07) is 4.70. The lowest BCUT2D eigenvalue weighted by molar-refractivity contribution is -0.118. The topological polar surface area (TPSA) is 46.2 Å². The Bertz CT molecular complexity index is 578. The summed E-state index contributed by atoms with van der Waals surface area (Å²) in [7, 11) is 0. The van der Waals surface area contributed by atoms with Crippen LogP contribution in [0.15, 0.2) is 18.2 Å². The molecule has 0 spiro atoms. The van der Waals surface area contributed by atoms with E-state index in [4.69, 9.17) is 23.2 Å². The number of benzene rings is 1. The number of hydrogen-bond acceptors (Lipinski definition) is 2. The number of carbonyl (C=O) groups is 2. The van der Waals surface area contributed by atoms with Crippen LogP contribution < -0.4 is 5.32 Å². The maximum absolute atomic E-state index is 12.3. The lowest BCUT2D eigenvalue weighted by atomic mass is 9.39. The monoisotopic (exact) mass is 369 g/mol. The molecule has 0 bridgehead atoms. The largest absolute Gasteiger partial charge is 0.345 e. The van der Waals surface area contributed by atoms with Crippen molar-refractivity contribution in [2.45, 2.75) is 52.6 Å². The summed E-state index contributed by atoms with van der Waals surface area (Å²) in [5.74, 6) is 0.582. The fourth-order valence-corrected chi connectivity index (χ4v) is 3.14. The molecular weight excluding hydrogens is 344 g/mol. The van der Waals surface area contributed by atoms with Crippen LogP contribution >= 0.6 is 23.2 Å². The van der Waals surface area contributed by atoms with E-state index in [0.29, 0.717) is 34.9 Å². The third-order valence-electron chi connectivity index (χ3n) is 4.33. The maximum atomic E-state index is 12.3. The highest BCUT2D eigenvalue weighted by atomic mass is 35.5. The second kappa shape index (κ2) is 10.1. The van der Waals surface area contributed by atoms with Gasteiger partial charge < -0.3 is 5.32 Å². The number of ketones is 1. The van der Waals surface area contributed by atoms with E-state index in [2.05, 4.69) is 32.9 Å². The van der Waals surface area contributed by atoms with Crippen molar-refractivity contribution in [3.05, 3.63) is 33.8 Å². The number of halogens is 2. The fraction of sp³-hybridized carbons (Fsp3) is 0.556. The highest BCUT2D eigenvalue weighted by molar-refractivity contribution is 6.59. The lowest BCUT2D eigenvalue weighted by Gasteiger charge is -2.22. The third-order valence-corrected chi connectivity index (χ3v) is 4.90. The van der Waals surface area contributed by atoms with Crippen LogP contribution in [0, 0.1) is 5.92 Å². The molecule has 1 aromatic carbocycles. The molecule has 1 rings (SSSR count). The third kappa shape index (κ3) is 6.86. The predicted molar refractivity (Wildman–Crippen MR) is 104 cm³/mol. The van der Waals surface area contributed by atoms with Crippen molar-refractivity contribution in [3.8, 4) is 0 Å². The molecule has 1 aromatic rings. The Morgan fingerprint density at radius 1 is 1.25 bits per heavy atom. The number of amides is 1. The summed E-state index contributed by atoms with van der Waals surface area (Å²) in [6.45, 7) is 9.18. The molecule has 6 heteroatoms. The van der Waals surface area contributed by atoms with E-state index in [1.165, 1.54) is 6.07 Å². The van der Waals surface area contributed by atoms with Crippen LogP contribution in [0.5, 0.6) is 0 Å². The maximum Gasteiger partial charge on any atom is 0.253 e. The molecule has 0 aliphatic heterocycles. The van der Waals surface area contributed by atoms with Crippen LogP contribution in [0.4, 0.5) is 0 Å². The van der Waals surface area contributed by atoms with Gasteiger partial charge in [0.2, 0.25) is 0 Å². The Morgan fingerprint density at radius 2 is 1.92 bits per heavy atom. The van der Waals surface area contributed by atoms with Crippen molar-refractivity contribution in [1.29, 1.82) is 0 Å². The molecule has 0 radical (unpaired) electrons. The number of Topliss-reactive ketones (excluding diaryl/α,β-unsaturated/α-hetero) is 1. The summed E-state index contributed by atoms with van der Waals surface area (Å²) in [5.41, 5.74) is 0.289. The minimum absolute atomic E-state index is 0.0205. The first-order valence-corrected chi connectivity index (χ1v) is 9.25. The molecule has 132 valence electrons. The molecular formula is C18H26BCl2NO2. The molecule has 1 amide bonds. The zero-order valence-corrected chi connectivity index (χ0v) is 16.4. The van der Waals surface area contributed by atoms with Crippen LogP contribution in [-0.4, -0.2) is 24.9 Å². The van der Waals surface area contributed by atoms with E-state index in [0.717, 1.165) is 12.7 Å². The van der Waals surface area contributed by atoms with Crippen molar-refractivity contribution < 1.29 is 9.59 Å². The lowest BCUT2D eigenvalue weighted by Crippen LogP contribution is -2.31. The first-order chi connectivity index (χ1) is 11.2. The van der Waals surface area contributed by atoms with Gasteiger partial charge in [0.15, 0.2) is 5.78 Å². The summed E-state index contributed by atoms with van der Waals surface area (Å²) in [5, 5.41) is 3.41. The summed E-state index contributed by atoms with van der Waals surface area (Å²) in [6.07, 6.45) is 2.57. The first kappa shape index (κ1) is 21.0. The highest BCUT2D eigenvalue weighted by Crippen LogP contribution is 2.27. The number of rotatable bonds is 9. The fourth-order valence-electron chi connectivity index (χ4n) is 2.77. The minimum Gasteiger partial charge on any atom is -0.345 e. The molecule has 0 saturated heterocycles. The molecule has 0 aromatic heterocycles. The second-order valence-corrected chi connectivity index (χ2v) is 7.67. The van der Waals surface area contributed by atoms with E-state index >= 15 is 0 Å². The van der Waals surface area contributed by atoms with E-state index in [9.17, 15) is 9.59 Å². The van der Waals surface area contributed by atoms with Gasteiger partial charge in [-0.05, 0) is 24.1 Å². The first-order valence-electron chi connectivity index (χ1n) is 8.49. The minimum atomic E-state index is -0.375. The van der Waals surface area contributed by atoms with Crippen LogP contribution in [-0.2, 0) is 4.79 Å². The van der Waals surface area contributed by atoms with E-state index in [1.54, 1.807) is 12.1 Å². The molecule has 0 unspecified atom stereocenters. The van der Waals surface area contributed by atoms with Crippen molar-refractivity contribution in [2.75, 3.05) is 6.54 Å². The Hall–Kier alpha value is -0.995. The number of nitrogens with one attached hydrogen (secondary N) is 1. The van der Waals surface area contributed by atoms with Gasteiger partial charge in [-0.2, -0.15) is 0 Å². The molecule has 1 N–H and O–H groups in total. The zero-order chi connectivity index (χ0) is 18.3. The van der Waals surface area contributed by atoms with Gasteiger partial charge in [-0.3, -0.25) is 9.59 Å². The predicted octanol–water partition coefficient (Wildman–Crippen LogP) is 5.24. The summed E-state index contributed by atoms with van der Waals surface area (Å²) >= 11 is 11.9. The molecule has 0 aliphatic rings.